The van der Waals surface area contributed by atoms with Gasteiger partial charge in [0, 0.05) is 22.0 Å². The van der Waals surface area contributed by atoms with Crippen LogP contribution in [0.4, 0.5) is 8.78 Å². The minimum atomic E-state index is -1.80. The average molecular weight is 446 g/mol. The molecule has 0 unspecified atom stereocenters. The van der Waals surface area contributed by atoms with E-state index in [-0.39, 0.29) is 12.1 Å². The van der Waals surface area contributed by atoms with Gasteiger partial charge in [-0.3, -0.25) is 4.68 Å². The molecular formula is C22H22ClF2N5O. The van der Waals surface area contributed by atoms with E-state index in [2.05, 4.69) is 10.1 Å². The number of halogens is 3. The molecule has 0 aliphatic carbocycles. The van der Waals surface area contributed by atoms with E-state index in [4.69, 9.17) is 16.7 Å². The third kappa shape index (κ3) is 3.70. The number of aromatic nitrogens is 5. The summed E-state index contributed by atoms with van der Waals surface area (Å²) in [6, 6.07) is 6.07. The van der Waals surface area contributed by atoms with Gasteiger partial charge in [0.1, 0.15) is 29.9 Å². The summed E-state index contributed by atoms with van der Waals surface area (Å²) in [6.45, 7) is 5.54. The van der Waals surface area contributed by atoms with Gasteiger partial charge in [-0.05, 0) is 44.0 Å². The second-order valence-corrected chi connectivity index (χ2v) is 8.12. The molecule has 0 saturated carbocycles. The largest absolute Gasteiger partial charge is 0.381 e. The molecule has 6 nitrogen and oxygen atoms in total. The van der Waals surface area contributed by atoms with Crippen LogP contribution in [0.3, 0.4) is 0 Å². The third-order valence-corrected chi connectivity index (χ3v) is 5.91. The Morgan fingerprint density at radius 3 is 2.65 bits per heavy atom. The minimum Gasteiger partial charge on any atom is -0.381 e. The van der Waals surface area contributed by atoms with Crippen molar-refractivity contribution < 1.29 is 13.9 Å². The SMILES string of the molecule is CCc1nn([C@H](C)[C@](O)(Cn2cncn2)c2ccc(F)cc2F)c2c(C)cc(Cl)cc12. The van der Waals surface area contributed by atoms with Gasteiger partial charge in [0.15, 0.2) is 0 Å². The molecule has 0 fully saturated rings. The van der Waals surface area contributed by atoms with Gasteiger partial charge in [0.25, 0.3) is 0 Å². The Kier molecular flexibility index (Phi) is 5.53. The first kappa shape index (κ1) is 21.4. The fourth-order valence-corrected chi connectivity index (χ4v) is 4.35. The van der Waals surface area contributed by atoms with Crippen LogP contribution in [0.15, 0.2) is 43.0 Å². The van der Waals surface area contributed by atoms with Gasteiger partial charge in [0.2, 0.25) is 0 Å². The molecule has 4 rings (SSSR count). The summed E-state index contributed by atoms with van der Waals surface area (Å²) in [6.07, 6.45) is 3.42. The molecule has 1 N–H and O–H groups in total. The highest BCUT2D eigenvalue weighted by Gasteiger charge is 2.41. The van der Waals surface area contributed by atoms with E-state index in [1.165, 1.54) is 23.4 Å². The van der Waals surface area contributed by atoms with Gasteiger partial charge in [-0.1, -0.05) is 24.6 Å². The first-order valence-corrected chi connectivity index (χ1v) is 10.3. The molecule has 2 heterocycles. The van der Waals surface area contributed by atoms with E-state index in [0.29, 0.717) is 11.4 Å². The second-order valence-electron chi connectivity index (χ2n) is 7.68. The fraction of sp³-hybridized carbons (Fsp3) is 0.318. The lowest BCUT2D eigenvalue weighted by Gasteiger charge is -2.35. The van der Waals surface area contributed by atoms with Crippen LogP contribution in [-0.2, 0) is 18.6 Å². The predicted molar refractivity (Wildman–Crippen MR) is 114 cm³/mol. The molecule has 0 amide bonds. The van der Waals surface area contributed by atoms with Gasteiger partial charge < -0.3 is 5.11 Å². The number of hydrogen-bond acceptors (Lipinski definition) is 4. The van der Waals surface area contributed by atoms with Crippen molar-refractivity contribution in [3.8, 4) is 0 Å². The zero-order valence-electron chi connectivity index (χ0n) is 17.4. The van der Waals surface area contributed by atoms with Gasteiger partial charge in [-0.25, -0.2) is 18.4 Å². The highest BCUT2D eigenvalue weighted by Crippen LogP contribution is 2.39. The predicted octanol–water partition coefficient (Wildman–Crippen LogP) is 4.58. The quantitative estimate of drug-likeness (QED) is 0.471. The number of aliphatic hydroxyl groups is 1. The second kappa shape index (κ2) is 8.01. The normalized spacial score (nSPS) is 14.7. The average Bonchev–Trinajstić information content (AvgIpc) is 3.34. The summed E-state index contributed by atoms with van der Waals surface area (Å²) in [4.78, 5) is 3.91. The molecule has 31 heavy (non-hydrogen) atoms. The molecule has 9 heteroatoms. The van der Waals surface area contributed by atoms with E-state index in [0.717, 1.165) is 34.3 Å². The van der Waals surface area contributed by atoms with Crippen LogP contribution in [0.1, 0.15) is 36.7 Å². The van der Waals surface area contributed by atoms with Crippen LogP contribution < -0.4 is 0 Å². The Labute approximate surface area is 183 Å². The van der Waals surface area contributed by atoms with Gasteiger partial charge in [-0.15, -0.1) is 0 Å². The van der Waals surface area contributed by atoms with Crippen molar-refractivity contribution in [2.24, 2.45) is 0 Å². The monoisotopic (exact) mass is 445 g/mol. The zero-order valence-corrected chi connectivity index (χ0v) is 18.1. The number of benzene rings is 2. The number of rotatable bonds is 6. The number of fused-ring (bicyclic) bond motifs is 1. The fourth-order valence-electron chi connectivity index (χ4n) is 4.08. The smallest absolute Gasteiger partial charge is 0.137 e. The lowest BCUT2D eigenvalue weighted by atomic mass is 9.86. The van der Waals surface area contributed by atoms with Crippen LogP contribution in [0.5, 0.6) is 0 Å². The van der Waals surface area contributed by atoms with Crippen LogP contribution in [-0.4, -0.2) is 29.7 Å². The zero-order chi connectivity index (χ0) is 22.3. The summed E-state index contributed by atoms with van der Waals surface area (Å²) in [7, 11) is 0. The van der Waals surface area contributed by atoms with Gasteiger partial charge in [-0.2, -0.15) is 10.2 Å². The lowest BCUT2D eigenvalue weighted by Crippen LogP contribution is -2.41. The third-order valence-electron chi connectivity index (χ3n) is 5.69. The van der Waals surface area contributed by atoms with Crippen molar-refractivity contribution in [3.05, 3.63) is 76.5 Å². The van der Waals surface area contributed by atoms with Crippen LogP contribution in [0.2, 0.25) is 5.02 Å². The van der Waals surface area contributed by atoms with Crippen molar-refractivity contribution in [3.63, 3.8) is 0 Å². The molecule has 2 aromatic heterocycles. The maximum atomic E-state index is 14.9. The first-order valence-electron chi connectivity index (χ1n) is 9.92. The van der Waals surface area contributed by atoms with Crippen molar-refractivity contribution in [1.29, 1.82) is 0 Å². The van der Waals surface area contributed by atoms with Crippen LogP contribution in [0, 0.1) is 18.6 Å². The minimum absolute atomic E-state index is 0.0507. The number of aryl methyl sites for hydroxylation is 2. The number of hydrogen-bond donors (Lipinski definition) is 1. The van der Waals surface area contributed by atoms with Crippen molar-refractivity contribution in [2.75, 3.05) is 0 Å². The summed E-state index contributed by atoms with van der Waals surface area (Å²) in [5.74, 6) is -1.57. The van der Waals surface area contributed by atoms with Crippen molar-refractivity contribution >= 4 is 22.5 Å². The Hall–Kier alpha value is -2.84. The Balaban J connectivity index is 1.94. The molecule has 0 bridgehead atoms. The Morgan fingerprint density at radius 1 is 1.23 bits per heavy atom. The summed E-state index contributed by atoms with van der Waals surface area (Å²) in [5.41, 5.74) is 0.638. The maximum Gasteiger partial charge on any atom is 0.137 e. The summed E-state index contributed by atoms with van der Waals surface area (Å²) >= 11 is 6.27. The van der Waals surface area contributed by atoms with Crippen LogP contribution >= 0.6 is 11.6 Å². The molecule has 162 valence electrons. The Bertz CT molecular complexity index is 1240. The standard InChI is InChI=1S/C22H22ClF2N5O/c1-4-20-17-8-15(23)7-13(2)21(17)30(28-20)14(3)22(31,10-29-12-26-11-27-29)18-6-5-16(24)9-19(18)25/h5-9,11-12,14,31H,4,10H2,1-3H3/t14-,22-/m1/s1. The molecule has 0 radical (unpaired) electrons. The number of nitrogens with zero attached hydrogens (tertiary/aromatic N) is 5. The summed E-state index contributed by atoms with van der Waals surface area (Å²) in [5, 5.41) is 22.2. The Morgan fingerprint density at radius 2 is 2.00 bits per heavy atom. The van der Waals surface area contributed by atoms with Gasteiger partial charge >= 0.3 is 0 Å². The first-order chi connectivity index (χ1) is 14.7. The van der Waals surface area contributed by atoms with Crippen molar-refractivity contribution in [1.82, 2.24) is 24.5 Å². The van der Waals surface area contributed by atoms with E-state index in [9.17, 15) is 13.9 Å². The highest BCUT2D eigenvalue weighted by atomic mass is 35.5. The van der Waals surface area contributed by atoms with E-state index < -0.39 is 23.3 Å². The highest BCUT2D eigenvalue weighted by molar-refractivity contribution is 6.31. The van der Waals surface area contributed by atoms with Crippen LogP contribution in [0.25, 0.3) is 10.9 Å². The van der Waals surface area contributed by atoms with E-state index >= 15 is 0 Å². The topological polar surface area (TPSA) is 68.8 Å². The van der Waals surface area contributed by atoms with Gasteiger partial charge in [0.05, 0.1) is 23.8 Å². The molecule has 2 atom stereocenters. The molecule has 4 aromatic rings. The molecular weight excluding hydrogens is 424 g/mol. The molecule has 0 saturated heterocycles. The molecule has 0 spiro atoms. The molecule has 2 aromatic carbocycles. The molecule has 0 aliphatic heterocycles. The lowest BCUT2D eigenvalue weighted by molar-refractivity contribution is -0.0356. The van der Waals surface area contributed by atoms with E-state index in [1.54, 1.807) is 11.6 Å². The van der Waals surface area contributed by atoms with E-state index in [1.807, 2.05) is 26.0 Å². The molecule has 0 aliphatic rings. The maximum absolute atomic E-state index is 14.9. The summed E-state index contributed by atoms with van der Waals surface area (Å²) < 4.78 is 31.6. The van der Waals surface area contributed by atoms with Crippen molar-refractivity contribution in [2.45, 2.75) is 45.4 Å².